The van der Waals surface area contributed by atoms with E-state index in [9.17, 15) is 4.79 Å². The Balaban J connectivity index is 1.38. The van der Waals surface area contributed by atoms with Gasteiger partial charge in [0.2, 0.25) is 11.8 Å². The largest absolute Gasteiger partial charge is 0.456 e. The Morgan fingerprint density at radius 2 is 1.96 bits per heavy atom. The molecule has 0 aliphatic rings. The quantitative estimate of drug-likeness (QED) is 0.487. The fourth-order valence-corrected chi connectivity index (χ4v) is 2.17. The Morgan fingerprint density at radius 3 is 2.73 bits per heavy atom. The molecule has 0 bridgehead atoms. The molecule has 0 aliphatic heterocycles. The highest BCUT2D eigenvalue weighted by Gasteiger charge is 2.11. The van der Waals surface area contributed by atoms with E-state index in [1.807, 2.05) is 31.2 Å². The summed E-state index contributed by atoms with van der Waals surface area (Å²) in [6.45, 7) is 2.55. The van der Waals surface area contributed by atoms with Crippen LogP contribution in [0.5, 0.6) is 0 Å². The number of ether oxygens (including phenoxy) is 1. The van der Waals surface area contributed by atoms with E-state index in [2.05, 4.69) is 25.4 Å². The molecule has 1 N–H and O–H groups in total. The van der Waals surface area contributed by atoms with Crippen LogP contribution in [0.15, 0.2) is 47.2 Å². The number of carbonyl (C=O) groups is 1. The average Bonchev–Trinajstić information content (AvgIpc) is 3.14. The van der Waals surface area contributed by atoms with Crippen LogP contribution in [0.2, 0.25) is 0 Å². The van der Waals surface area contributed by atoms with Crippen molar-refractivity contribution < 1.29 is 14.1 Å². The van der Waals surface area contributed by atoms with Crippen molar-refractivity contribution in [2.24, 2.45) is 0 Å². The maximum Gasteiger partial charge on any atom is 0.306 e. The third kappa shape index (κ3) is 5.10. The number of anilines is 1. The van der Waals surface area contributed by atoms with Gasteiger partial charge in [0.05, 0.1) is 0 Å². The third-order valence-corrected chi connectivity index (χ3v) is 3.54. The molecule has 2 heterocycles. The Kier molecular flexibility index (Phi) is 5.87. The number of esters is 1. The highest BCUT2D eigenvalue weighted by molar-refractivity contribution is 5.69. The van der Waals surface area contributed by atoms with Crippen LogP contribution < -0.4 is 5.32 Å². The zero-order chi connectivity index (χ0) is 18.2. The molecule has 0 unspecified atom stereocenters. The Bertz CT molecular complexity index is 834. The van der Waals surface area contributed by atoms with Crippen LogP contribution in [-0.4, -0.2) is 32.6 Å². The van der Waals surface area contributed by atoms with Gasteiger partial charge in [-0.25, -0.2) is 9.97 Å². The maximum absolute atomic E-state index is 11.8. The zero-order valence-electron chi connectivity index (χ0n) is 14.4. The zero-order valence-corrected chi connectivity index (χ0v) is 14.4. The first kappa shape index (κ1) is 17.5. The predicted octanol–water partition coefficient (Wildman–Crippen LogP) is 2.77. The number of hydrogen-bond donors (Lipinski definition) is 1. The van der Waals surface area contributed by atoms with Gasteiger partial charge >= 0.3 is 5.97 Å². The summed E-state index contributed by atoms with van der Waals surface area (Å²) >= 11 is 0. The summed E-state index contributed by atoms with van der Waals surface area (Å²) in [6, 6.07) is 9.52. The molecule has 3 rings (SSSR count). The minimum atomic E-state index is -0.323. The molecule has 8 heteroatoms. The van der Waals surface area contributed by atoms with Gasteiger partial charge in [-0.05, 0) is 19.4 Å². The van der Waals surface area contributed by atoms with Crippen molar-refractivity contribution >= 4 is 11.9 Å². The molecule has 2 aromatic heterocycles. The van der Waals surface area contributed by atoms with Crippen LogP contribution in [-0.2, 0) is 16.1 Å². The summed E-state index contributed by atoms with van der Waals surface area (Å²) in [5.74, 6) is 0.957. The van der Waals surface area contributed by atoms with Gasteiger partial charge < -0.3 is 14.6 Å². The lowest BCUT2D eigenvalue weighted by Crippen LogP contribution is -2.09. The number of nitrogens with one attached hydrogen (secondary N) is 1. The van der Waals surface area contributed by atoms with Gasteiger partial charge in [0.1, 0.15) is 0 Å². The molecule has 1 aromatic carbocycles. The molecule has 8 nitrogen and oxygen atoms in total. The number of aromatic nitrogens is 4. The summed E-state index contributed by atoms with van der Waals surface area (Å²) in [6.07, 6.45) is 4.19. The Hall–Kier alpha value is -3.29. The van der Waals surface area contributed by atoms with Crippen molar-refractivity contribution in [1.82, 2.24) is 20.1 Å². The molecule has 3 aromatic rings. The number of rotatable bonds is 8. The molecule has 0 radical (unpaired) electrons. The minimum Gasteiger partial charge on any atom is -0.456 e. The normalized spacial score (nSPS) is 10.5. The van der Waals surface area contributed by atoms with Crippen LogP contribution in [0.1, 0.15) is 24.3 Å². The number of nitrogens with zero attached hydrogens (tertiary/aromatic N) is 4. The van der Waals surface area contributed by atoms with Gasteiger partial charge in [0, 0.05) is 30.9 Å². The number of benzene rings is 1. The first-order valence-corrected chi connectivity index (χ1v) is 8.27. The average molecular weight is 353 g/mol. The summed E-state index contributed by atoms with van der Waals surface area (Å²) in [5, 5.41) is 6.93. The summed E-state index contributed by atoms with van der Waals surface area (Å²) < 4.78 is 10.3. The van der Waals surface area contributed by atoms with Crippen LogP contribution in [0.4, 0.5) is 5.95 Å². The van der Waals surface area contributed by atoms with Gasteiger partial charge in [0.25, 0.3) is 5.89 Å². The molecular weight excluding hydrogens is 334 g/mol. The summed E-state index contributed by atoms with van der Waals surface area (Å²) in [5.41, 5.74) is 2.01. The smallest absolute Gasteiger partial charge is 0.306 e. The van der Waals surface area contributed by atoms with Crippen molar-refractivity contribution in [3.05, 3.63) is 54.2 Å². The molecule has 0 spiro atoms. The summed E-state index contributed by atoms with van der Waals surface area (Å²) in [7, 11) is 0. The van der Waals surface area contributed by atoms with Crippen molar-refractivity contribution in [1.29, 1.82) is 0 Å². The van der Waals surface area contributed by atoms with E-state index in [0.717, 1.165) is 11.1 Å². The molecule has 0 amide bonds. The van der Waals surface area contributed by atoms with Crippen molar-refractivity contribution in [3.8, 4) is 11.4 Å². The second kappa shape index (κ2) is 8.70. The topological polar surface area (TPSA) is 103 Å². The van der Waals surface area contributed by atoms with Crippen LogP contribution in [0.3, 0.4) is 0 Å². The maximum atomic E-state index is 11.8. The fraction of sp³-hybridized carbons (Fsp3) is 0.278. The molecule has 0 saturated carbocycles. The molecule has 134 valence electrons. The molecule has 0 aliphatic carbocycles. The van der Waals surface area contributed by atoms with Gasteiger partial charge in [-0.15, -0.1) is 0 Å². The monoisotopic (exact) mass is 353 g/mol. The highest BCUT2D eigenvalue weighted by Crippen LogP contribution is 2.16. The SMILES string of the molecule is Cc1ccc(-c2noc(COC(=O)CCCNc3ncccn3)n2)cc1. The van der Waals surface area contributed by atoms with Gasteiger partial charge in [0.15, 0.2) is 6.61 Å². The van der Waals surface area contributed by atoms with E-state index >= 15 is 0 Å². The van der Waals surface area contributed by atoms with E-state index in [4.69, 9.17) is 9.26 Å². The Morgan fingerprint density at radius 1 is 1.19 bits per heavy atom. The van der Waals surface area contributed by atoms with Crippen LogP contribution >= 0.6 is 0 Å². The molecular formula is C18H19N5O3. The minimum absolute atomic E-state index is 0.0348. The second-order valence-electron chi connectivity index (χ2n) is 5.64. The number of carbonyl (C=O) groups excluding carboxylic acids is 1. The lowest BCUT2D eigenvalue weighted by molar-refractivity contribution is -0.145. The Labute approximate surface area is 150 Å². The molecule has 26 heavy (non-hydrogen) atoms. The lowest BCUT2D eigenvalue weighted by atomic mass is 10.1. The second-order valence-corrected chi connectivity index (χ2v) is 5.64. The van der Waals surface area contributed by atoms with Gasteiger partial charge in [-0.2, -0.15) is 4.98 Å². The predicted molar refractivity (Wildman–Crippen MR) is 94.0 cm³/mol. The standard InChI is InChI=1S/C18H19N5O3/c1-13-5-7-14(8-6-13)17-22-15(26-23-17)12-25-16(24)4-2-9-19-18-20-10-3-11-21-18/h3,5-8,10-11H,2,4,9,12H2,1H3,(H,19,20,21). The van der Waals surface area contributed by atoms with Crippen LogP contribution in [0, 0.1) is 6.92 Å². The van der Waals surface area contributed by atoms with E-state index < -0.39 is 0 Å². The molecule has 0 atom stereocenters. The van der Waals surface area contributed by atoms with Gasteiger partial charge in [-0.1, -0.05) is 35.0 Å². The third-order valence-electron chi connectivity index (χ3n) is 3.54. The lowest BCUT2D eigenvalue weighted by Gasteiger charge is -2.04. The molecule has 0 fully saturated rings. The van der Waals surface area contributed by atoms with E-state index in [-0.39, 0.29) is 24.9 Å². The fourth-order valence-electron chi connectivity index (χ4n) is 2.17. The number of aryl methyl sites for hydroxylation is 1. The van der Waals surface area contributed by atoms with E-state index in [1.165, 1.54) is 0 Å². The van der Waals surface area contributed by atoms with Crippen molar-refractivity contribution in [3.63, 3.8) is 0 Å². The summed E-state index contributed by atoms with van der Waals surface area (Å²) in [4.78, 5) is 24.1. The molecule has 0 saturated heterocycles. The van der Waals surface area contributed by atoms with E-state index in [1.54, 1.807) is 18.5 Å². The van der Waals surface area contributed by atoms with Crippen molar-refractivity contribution in [2.45, 2.75) is 26.4 Å². The van der Waals surface area contributed by atoms with E-state index in [0.29, 0.717) is 24.7 Å². The number of hydrogen-bond acceptors (Lipinski definition) is 8. The van der Waals surface area contributed by atoms with Gasteiger partial charge in [-0.3, -0.25) is 4.79 Å². The van der Waals surface area contributed by atoms with Crippen LogP contribution in [0.25, 0.3) is 11.4 Å². The first-order valence-electron chi connectivity index (χ1n) is 8.27. The van der Waals surface area contributed by atoms with Crippen molar-refractivity contribution in [2.75, 3.05) is 11.9 Å². The first-order chi connectivity index (χ1) is 12.7. The highest BCUT2D eigenvalue weighted by atomic mass is 16.6.